The van der Waals surface area contributed by atoms with Gasteiger partial charge in [-0.05, 0) is 68.0 Å². The molecule has 1 fully saturated rings. The Morgan fingerprint density at radius 2 is 1.84 bits per heavy atom. The first-order valence-corrected chi connectivity index (χ1v) is 12.6. The Balaban J connectivity index is 1.35. The van der Waals surface area contributed by atoms with Gasteiger partial charge in [0, 0.05) is 55.0 Å². The zero-order valence-corrected chi connectivity index (χ0v) is 21.1. The highest BCUT2D eigenvalue weighted by atomic mass is 19.1. The van der Waals surface area contributed by atoms with Gasteiger partial charge in [-0.25, -0.2) is 13.2 Å². The number of nitrogens with two attached hydrogens (primary N) is 1. The van der Waals surface area contributed by atoms with Crippen LogP contribution in [-0.4, -0.2) is 54.9 Å². The molecule has 0 amide bonds. The molecule has 9 heteroatoms. The van der Waals surface area contributed by atoms with Gasteiger partial charge in [0.15, 0.2) is 0 Å². The SMILES string of the molecule is COc1ccc2ncc(CN)c(C(F)CCC3(CO)CCN(CCOc4cc(F)cc(F)c4)CC3)c2c1. The van der Waals surface area contributed by atoms with Crippen LogP contribution in [0.2, 0.25) is 0 Å². The van der Waals surface area contributed by atoms with E-state index in [1.807, 2.05) is 6.07 Å². The molecule has 3 N–H and O–H groups in total. The lowest BCUT2D eigenvalue weighted by molar-refractivity contribution is 0.0265. The van der Waals surface area contributed by atoms with E-state index in [1.54, 1.807) is 25.4 Å². The molecule has 1 unspecified atom stereocenters. The van der Waals surface area contributed by atoms with Gasteiger partial charge in [0.2, 0.25) is 0 Å². The summed E-state index contributed by atoms with van der Waals surface area (Å²) in [5.41, 5.74) is 7.45. The monoisotopic (exact) mass is 517 g/mol. The average molecular weight is 518 g/mol. The molecule has 200 valence electrons. The highest BCUT2D eigenvalue weighted by molar-refractivity contribution is 5.85. The maximum Gasteiger partial charge on any atom is 0.129 e. The van der Waals surface area contributed by atoms with Crippen LogP contribution in [0.5, 0.6) is 11.5 Å². The van der Waals surface area contributed by atoms with Gasteiger partial charge in [-0.3, -0.25) is 9.88 Å². The third kappa shape index (κ3) is 6.52. The number of rotatable bonds is 11. The van der Waals surface area contributed by atoms with Crippen molar-refractivity contribution in [1.82, 2.24) is 9.88 Å². The van der Waals surface area contributed by atoms with E-state index in [2.05, 4.69) is 9.88 Å². The van der Waals surface area contributed by atoms with Gasteiger partial charge in [-0.2, -0.15) is 0 Å². The molecule has 6 nitrogen and oxygen atoms in total. The minimum absolute atomic E-state index is 0.0126. The Kier molecular flexibility index (Phi) is 8.89. The molecule has 1 saturated heterocycles. The quantitative estimate of drug-likeness (QED) is 0.376. The van der Waals surface area contributed by atoms with Crippen LogP contribution in [0.1, 0.15) is 43.0 Å². The molecule has 0 bridgehead atoms. The highest BCUT2D eigenvalue weighted by Crippen LogP contribution is 2.41. The average Bonchev–Trinajstić information content (AvgIpc) is 2.91. The standard InChI is InChI=1S/C28H34F3N3O3/c1-36-22-2-3-26-24(15-22)27(19(16-32)17-33-26)25(31)4-5-28(18-35)6-8-34(9-7-28)10-11-37-23-13-20(29)12-21(30)14-23/h2-3,12-15,17,25,35H,4-11,16,18,32H2,1H3. The molecule has 0 aliphatic carbocycles. The second-order valence-electron chi connectivity index (χ2n) is 9.74. The predicted octanol–water partition coefficient (Wildman–Crippen LogP) is 4.92. The summed E-state index contributed by atoms with van der Waals surface area (Å²) in [4.78, 5) is 6.60. The van der Waals surface area contributed by atoms with Crippen molar-refractivity contribution in [3.8, 4) is 11.5 Å². The number of methoxy groups -OCH3 is 1. The van der Waals surface area contributed by atoms with E-state index in [0.717, 1.165) is 44.1 Å². The molecule has 4 rings (SSSR count). The molecular formula is C28H34F3N3O3. The third-order valence-corrected chi connectivity index (χ3v) is 7.43. The second kappa shape index (κ2) is 12.1. The van der Waals surface area contributed by atoms with Gasteiger partial charge in [-0.15, -0.1) is 0 Å². The smallest absolute Gasteiger partial charge is 0.129 e. The fourth-order valence-corrected chi connectivity index (χ4v) is 5.11. The highest BCUT2D eigenvalue weighted by Gasteiger charge is 2.35. The molecule has 0 radical (unpaired) electrons. The van der Waals surface area contributed by atoms with Crippen molar-refractivity contribution in [3.63, 3.8) is 0 Å². The van der Waals surface area contributed by atoms with Crippen LogP contribution < -0.4 is 15.2 Å². The summed E-state index contributed by atoms with van der Waals surface area (Å²) in [6, 6.07) is 8.51. The van der Waals surface area contributed by atoms with Crippen molar-refractivity contribution >= 4 is 10.9 Å². The Morgan fingerprint density at radius 3 is 2.49 bits per heavy atom. The van der Waals surface area contributed by atoms with Gasteiger partial charge in [0.25, 0.3) is 0 Å². The number of aromatic nitrogens is 1. The molecule has 2 aromatic carbocycles. The summed E-state index contributed by atoms with van der Waals surface area (Å²) < 4.78 is 53.3. The van der Waals surface area contributed by atoms with E-state index in [9.17, 15) is 13.9 Å². The van der Waals surface area contributed by atoms with E-state index in [0.29, 0.717) is 47.4 Å². The maximum absolute atomic E-state index is 15.8. The molecule has 1 aromatic heterocycles. The topological polar surface area (TPSA) is 80.8 Å². The number of ether oxygens (including phenoxy) is 2. The lowest BCUT2D eigenvalue weighted by Crippen LogP contribution is -2.43. The van der Waals surface area contributed by atoms with Crippen LogP contribution >= 0.6 is 0 Å². The van der Waals surface area contributed by atoms with Crippen molar-refractivity contribution < 1.29 is 27.8 Å². The number of aliphatic hydroxyl groups excluding tert-OH is 1. The summed E-state index contributed by atoms with van der Waals surface area (Å²) in [5, 5.41) is 10.9. The number of pyridine rings is 1. The molecule has 3 aromatic rings. The lowest BCUT2D eigenvalue weighted by atomic mass is 9.74. The van der Waals surface area contributed by atoms with Crippen molar-refractivity contribution in [3.05, 3.63) is 65.4 Å². The number of hydrogen-bond donors (Lipinski definition) is 2. The Bertz CT molecular complexity index is 1180. The number of benzene rings is 2. The number of halogens is 3. The van der Waals surface area contributed by atoms with E-state index >= 15 is 4.39 Å². The van der Waals surface area contributed by atoms with Crippen LogP contribution in [0.4, 0.5) is 13.2 Å². The molecular weight excluding hydrogens is 483 g/mol. The number of aliphatic hydroxyl groups is 1. The summed E-state index contributed by atoms with van der Waals surface area (Å²) in [7, 11) is 1.57. The summed E-state index contributed by atoms with van der Waals surface area (Å²) in [6.45, 7) is 2.50. The molecule has 1 atom stereocenters. The lowest BCUT2D eigenvalue weighted by Gasteiger charge is -2.41. The van der Waals surface area contributed by atoms with E-state index in [4.69, 9.17) is 15.2 Å². The first-order valence-electron chi connectivity index (χ1n) is 12.6. The molecule has 0 saturated carbocycles. The van der Waals surface area contributed by atoms with Crippen molar-refractivity contribution in [2.75, 3.05) is 40.0 Å². The number of likely N-dealkylation sites (tertiary alicyclic amines) is 1. The second-order valence-corrected chi connectivity index (χ2v) is 9.74. The number of fused-ring (bicyclic) bond motifs is 1. The molecule has 1 aliphatic heterocycles. The summed E-state index contributed by atoms with van der Waals surface area (Å²) in [5.74, 6) is -0.567. The van der Waals surface area contributed by atoms with Crippen LogP contribution in [0, 0.1) is 17.0 Å². The molecule has 2 heterocycles. The Labute approximate surface area is 215 Å². The van der Waals surface area contributed by atoms with Gasteiger partial charge < -0.3 is 20.3 Å². The normalized spacial score (nSPS) is 16.6. The summed E-state index contributed by atoms with van der Waals surface area (Å²) in [6.07, 6.45) is 2.63. The van der Waals surface area contributed by atoms with Gasteiger partial charge in [0.1, 0.15) is 35.9 Å². The number of alkyl halides is 1. The van der Waals surface area contributed by atoms with Crippen molar-refractivity contribution in [2.45, 2.75) is 38.4 Å². The van der Waals surface area contributed by atoms with E-state index in [-0.39, 0.29) is 30.7 Å². The van der Waals surface area contributed by atoms with Crippen LogP contribution in [0.15, 0.2) is 42.6 Å². The molecule has 37 heavy (non-hydrogen) atoms. The Hall–Kier alpha value is -2.88. The summed E-state index contributed by atoms with van der Waals surface area (Å²) >= 11 is 0. The maximum atomic E-state index is 15.8. The predicted molar refractivity (Wildman–Crippen MR) is 136 cm³/mol. The first-order chi connectivity index (χ1) is 17.9. The Morgan fingerprint density at radius 1 is 1.11 bits per heavy atom. The zero-order valence-electron chi connectivity index (χ0n) is 21.1. The van der Waals surface area contributed by atoms with Crippen LogP contribution in [0.3, 0.4) is 0 Å². The number of hydrogen-bond acceptors (Lipinski definition) is 6. The third-order valence-electron chi connectivity index (χ3n) is 7.43. The number of nitrogens with zero attached hydrogens (tertiary/aromatic N) is 2. The van der Waals surface area contributed by atoms with Crippen molar-refractivity contribution in [2.24, 2.45) is 11.1 Å². The number of piperidine rings is 1. The van der Waals surface area contributed by atoms with Gasteiger partial charge >= 0.3 is 0 Å². The fourth-order valence-electron chi connectivity index (χ4n) is 5.11. The van der Waals surface area contributed by atoms with Crippen LogP contribution in [-0.2, 0) is 6.54 Å². The minimum atomic E-state index is -1.25. The fraction of sp³-hybridized carbons (Fsp3) is 0.464. The van der Waals surface area contributed by atoms with Crippen molar-refractivity contribution in [1.29, 1.82) is 0 Å². The minimum Gasteiger partial charge on any atom is -0.497 e. The van der Waals surface area contributed by atoms with E-state index < -0.39 is 17.8 Å². The first kappa shape index (κ1) is 27.2. The van der Waals surface area contributed by atoms with Crippen LogP contribution in [0.25, 0.3) is 10.9 Å². The van der Waals surface area contributed by atoms with Gasteiger partial charge in [-0.1, -0.05) is 0 Å². The molecule has 0 spiro atoms. The van der Waals surface area contributed by atoms with E-state index in [1.165, 1.54) is 0 Å². The molecule has 1 aliphatic rings. The zero-order chi connectivity index (χ0) is 26.4. The largest absolute Gasteiger partial charge is 0.497 e. The van der Waals surface area contributed by atoms with Gasteiger partial charge in [0.05, 0.1) is 12.6 Å².